The number of nitrogens with two attached hydrogens (primary N) is 1. The molecule has 0 aliphatic carbocycles. The summed E-state index contributed by atoms with van der Waals surface area (Å²) in [6.07, 6.45) is 5.87. The molecule has 0 saturated carbocycles. The summed E-state index contributed by atoms with van der Waals surface area (Å²) in [5.74, 6) is -9.01. The Morgan fingerprint density at radius 1 is 0.532 bits per heavy atom. The van der Waals surface area contributed by atoms with Crippen molar-refractivity contribution in [2.24, 2.45) is 0 Å². The van der Waals surface area contributed by atoms with Crippen LogP contribution in [0.1, 0.15) is 43.0 Å². The first-order chi connectivity index (χ1) is 36.6. The van der Waals surface area contributed by atoms with E-state index in [1.807, 2.05) is 16.9 Å². The third-order valence-corrected chi connectivity index (χ3v) is 14.1. The van der Waals surface area contributed by atoms with Crippen molar-refractivity contribution in [1.29, 1.82) is 0 Å². The number of aromatic amines is 2. The van der Waals surface area contributed by atoms with Crippen LogP contribution in [0.3, 0.4) is 0 Å². The number of nitrogens with one attached hydrogen (secondary N) is 3. The highest BCUT2D eigenvalue weighted by Gasteiger charge is 2.27. The number of anilines is 2. The predicted octanol–water partition coefficient (Wildman–Crippen LogP) is 13.3. The summed E-state index contributed by atoms with van der Waals surface area (Å²) in [6.45, 7) is 0. The number of pyridine rings is 2. The summed E-state index contributed by atoms with van der Waals surface area (Å²) in [4.78, 5) is 40.4. The van der Waals surface area contributed by atoms with Crippen molar-refractivity contribution in [2.75, 3.05) is 10.5 Å². The van der Waals surface area contributed by atoms with Gasteiger partial charge in [0, 0.05) is 89.7 Å². The summed E-state index contributed by atoms with van der Waals surface area (Å²) in [7, 11) is -3.03. The van der Waals surface area contributed by atoms with Crippen molar-refractivity contribution >= 4 is 98.0 Å². The van der Waals surface area contributed by atoms with Crippen LogP contribution in [-0.2, 0) is 30.6 Å². The van der Waals surface area contributed by atoms with Gasteiger partial charge in [0.1, 0.15) is 34.6 Å². The van der Waals surface area contributed by atoms with Crippen molar-refractivity contribution in [2.45, 2.75) is 11.5 Å². The van der Waals surface area contributed by atoms with E-state index in [1.54, 1.807) is 67.0 Å². The van der Waals surface area contributed by atoms with Gasteiger partial charge >= 0.3 is 0 Å². The van der Waals surface area contributed by atoms with Gasteiger partial charge in [0.25, 0.3) is 0 Å². The van der Waals surface area contributed by atoms with Crippen LogP contribution in [0.2, 0.25) is 10.0 Å². The number of halogens is 9. The fraction of sp³-hybridized carbons (Fsp3) is 0.0370. The zero-order valence-electron chi connectivity index (χ0n) is 39.1. The fourth-order valence-corrected chi connectivity index (χ4v) is 10.1. The minimum atomic E-state index is -4.31. The van der Waals surface area contributed by atoms with E-state index in [9.17, 15) is 48.4 Å². The number of nitrogens with zero attached hydrogens (tertiary/aromatic N) is 2. The highest BCUT2D eigenvalue weighted by molar-refractivity contribution is 8.13. The van der Waals surface area contributed by atoms with E-state index >= 15 is 4.39 Å². The number of H-pyrrole nitrogens is 2. The lowest BCUT2D eigenvalue weighted by molar-refractivity contribution is 0.102. The molecule has 5 N–H and O–H groups in total. The maximum Gasteiger partial charge on any atom is 0.237 e. The number of hydrogen-bond acceptors (Lipinski definition) is 9. The molecule has 0 bridgehead atoms. The van der Waals surface area contributed by atoms with Crippen LogP contribution < -0.4 is 10.5 Å². The molecule has 6 aromatic carbocycles. The van der Waals surface area contributed by atoms with E-state index in [0.717, 1.165) is 47.0 Å². The van der Waals surface area contributed by atoms with Gasteiger partial charge in [0.15, 0.2) is 11.6 Å². The van der Waals surface area contributed by atoms with E-state index in [0.29, 0.717) is 37.7 Å². The molecule has 0 radical (unpaired) electrons. The van der Waals surface area contributed by atoms with Crippen LogP contribution in [-0.4, -0.2) is 48.3 Å². The molecule has 0 aliphatic rings. The number of ketones is 2. The maximum atomic E-state index is 15.4. The normalized spacial score (nSPS) is 11.4. The van der Waals surface area contributed by atoms with Gasteiger partial charge in [-0.3, -0.25) is 14.3 Å². The third kappa shape index (κ3) is 13.0. The van der Waals surface area contributed by atoms with Crippen molar-refractivity contribution in [3.63, 3.8) is 0 Å². The Bertz CT molecular complexity index is 4130. The number of nitrogen functional groups attached to an aromatic ring is 1. The molecule has 0 amide bonds. The second-order valence-corrected chi connectivity index (χ2v) is 22.0. The zero-order chi connectivity index (χ0) is 55.3. The van der Waals surface area contributed by atoms with E-state index in [4.69, 9.17) is 39.6 Å². The average Bonchev–Trinajstić information content (AvgIpc) is 4.02. The first-order valence-corrected chi connectivity index (χ1v) is 27.1. The van der Waals surface area contributed by atoms with Gasteiger partial charge in [-0.05, 0) is 83.9 Å². The number of rotatable bonds is 12. The smallest absolute Gasteiger partial charge is 0.237 e. The van der Waals surface area contributed by atoms with Crippen molar-refractivity contribution < 1.29 is 52.8 Å². The quantitative estimate of drug-likeness (QED) is 0.0398. The van der Waals surface area contributed by atoms with Crippen LogP contribution in [0.4, 0.5) is 37.7 Å². The highest BCUT2D eigenvalue weighted by Crippen LogP contribution is 2.32. The zero-order valence-corrected chi connectivity index (χ0v) is 43.0. The largest absolute Gasteiger partial charge is 0.396 e. The molecule has 0 spiro atoms. The molecule has 4 aromatic heterocycles. The maximum absolute atomic E-state index is 15.4. The number of carbonyl (C=O) groups is 2. The molecule has 0 fully saturated rings. The van der Waals surface area contributed by atoms with E-state index in [2.05, 4.69) is 19.9 Å². The summed E-state index contributed by atoms with van der Waals surface area (Å²) >= 11 is 11.9. The molecule has 10 rings (SSSR count). The molecular weight excluding hydrogens is 1110 g/mol. The molecule has 0 unspecified atom stereocenters. The van der Waals surface area contributed by atoms with Gasteiger partial charge in [0.2, 0.25) is 30.6 Å². The Balaban J connectivity index is 0.000000174. The lowest BCUT2D eigenvalue weighted by Gasteiger charge is -2.12. The molecule has 392 valence electrons. The van der Waals surface area contributed by atoms with Crippen LogP contribution in [0, 0.1) is 34.9 Å². The second-order valence-electron chi connectivity index (χ2n) is 16.7. The lowest BCUT2D eigenvalue weighted by atomic mass is 10.00. The molecule has 0 aliphatic heterocycles. The fourth-order valence-electron chi connectivity index (χ4n) is 7.69. The summed E-state index contributed by atoms with van der Waals surface area (Å²) < 4.78 is 134. The minimum Gasteiger partial charge on any atom is -0.396 e. The number of carbonyl (C=O) groups excluding carboxylic acids is 2. The van der Waals surface area contributed by atoms with Crippen molar-refractivity contribution in [3.05, 3.63) is 237 Å². The number of sulfonamides is 1. The SMILES string of the molecule is Nc1ccc(F)c(C(=O)c2c[nH]c3ncc(-c4ccc(Cl)cc4)cc23)c1F.O=C(c1c(F)ccc(NS(=O)(=O)Cc2ccccc2F)c1F)c1c[nH]c2ncc(-c3ccc(Cl)cc3)cc12.O=S(=O)(Cl)Cc1ccccc1F. The van der Waals surface area contributed by atoms with Crippen LogP contribution in [0.15, 0.2) is 158 Å². The van der Waals surface area contributed by atoms with E-state index < -0.39 is 93.9 Å². The Kier molecular flexibility index (Phi) is 16.6. The Labute approximate surface area is 449 Å². The molecule has 77 heavy (non-hydrogen) atoms. The first-order valence-electron chi connectivity index (χ1n) is 22.2. The molecule has 12 nitrogen and oxygen atoms in total. The molecular formula is C54H35Cl3F6N6O6S2. The molecule has 4 heterocycles. The third-order valence-electron chi connectivity index (χ3n) is 11.4. The molecule has 0 atom stereocenters. The summed E-state index contributed by atoms with van der Waals surface area (Å²) in [5, 5.41) is 1.90. The second kappa shape index (κ2) is 23.1. The number of fused-ring (bicyclic) bond motifs is 2. The highest BCUT2D eigenvalue weighted by atomic mass is 35.7. The standard InChI is InChI=1S/C27H17ClF3N3O3S.C20H12ClF2N3O.C7H6ClFO2S/c28-18-7-5-15(6-8-18)17-11-19-20(13-33-27(19)32-12-17)26(35)24-22(30)9-10-23(25(24)31)34-38(36,37)14-16-3-1-2-4-21(16)29;21-12-3-1-10(2-4-12)11-7-13-14(9-26-20(13)25-8-11)19(27)17-15(22)5-6-16(24)18(17)23;8-12(10,11)5-6-3-1-2-4-7(6)9/h1-13,34H,14H2,(H,32,33);1-9H,24H2,(H,25,26);1-4H,5H2. The number of aromatic nitrogens is 4. The Morgan fingerprint density at radius 2 is 0.961 bits per heavy atom. The van der Waals surface area contributed by atoms with E-state index in [1.165, 1.54) is 48.8 Å². The number of benzene rings is 6. The van der Waals surface area contributed by atoms with Crippen molar-refractivity contribution in [1.82, 2.24) is 19.9 Å². The van der Waals surface area contributed by atoms with Crippen LogP contribution in [0.25, 0.3) is 44.3 Å². The summed E-state index contributed by atoms with van der Waals surface area (Å²) in [5.41, 5.74) is 6.62. The van der Waals surface area contributed by atoms with Gasteiger partial charge in [-0.1, -0.05) is 83.9 Å². The lowest BCUT2D eigenvalue weighted by Crippen LogP contribution is -2.18. The minimum absolute atomic E-state index is 0.0625. The van der Waals surface area contributed by atoms with E-state index in [-0.39, 0.29) is 27.9 Å². The number of hydrogen-bond donors (Lipinski definition) is 4. The topological polar surface area (TPSA) is 198 Å². The van der Waals surface area contributed by atoms with Gasteiger partial charge in [0.05, 0.1) is 34.0 Å². The van der Waals surface area contributed by atoms with Gasteiger partial charge < -0.3 is 15.7 Å². The molecule has 23 heteroatoms. The van der Waals surface area contributed by atoms with Gasteiger partial charge in [-0.15, -0.1) is 0 Å². The summed E-state index contributed by atoms with van der Waals surface area (Å²) in [6, 6.07) is 31.9. The monoisotopic (exact) mass is 1150 g/mol. The van der Waals surface area contributed by atoms with Crippen molar-refractivity contribution in [3.8, 4) is 22.3 Å². The molecule has 0 saturated heterocycles. The average molecular weight is 1150 g/mol. The Morgan fingerprint density at radius 3 is 1.42 bits per heavy atom. The molecule has 10 aromatic rings. The van der Waals surface area contributed by atoms with Crippen LogP contribution >= 0.6 is 33.9 Å². The Hall–Kier alpha value is -8.01. The van der Waals surface area contributed by atoms with Gasteiger partial charge in [-0.25, -0.2) is 53.1 Å². The predicted molar refractivity (Wildman–Crippen MR) is 285 cm³/mol. The first kappa shape index (κ1) is 55.2. The van der Waals surface area contributed by atoms with Crippen LogP contribution in [0.5, 0.6) is 0 Å². The van der Waals surface area contributed by atoms with Gasteiger partial charge in [-0.2, -0.15) is 0 Å².